The third-order valence-corrected chi connectivity index (χ3v) is 0. The van der Waals surface area contributed by atoms with Gasteiger partial charge in [0.2, 0.25) is 0 Å². The molecule has 0 bridgehead atoms. The first kappa shape index (κ1) is 23.7. The molecule has 4 heavy (non-hydrogen) atoms. The Balaban J connectivity index is 0. The Morgan fingerprint density at radius 2 is 1.25 bits per heavy atom. The molecule has 0 aliphatic heterocycles. The summed E-state index contributed by atoms with van der Waals surface area (Å²) in [6.07, 6.45) is 0. The maximum atomic E-state index is 0. The second-order valence-corrected chi connectivity index (χ2v) is 0. The molecule has 0 unspecified atom stereocenters. The van der Waals surface area contributed by atoms with Crippen molar-refractivity contribution < 1.29 is 53.6 Å². The molecular formula is H4BaCaTiZr. The van der Waals surface area contributed by atoms with E-state index in [2.05, 4.69) is 0 Å². The van der Waals surface area contributed by atoms with Gasteiger partial charge in [-0.15, -0.1) is 0 Å². The van der Waals surface area contributed by atoms with Gasteiger partial charge < -0.3 is 5.71 Å². The van der Waals surface area contributed by atoms with E-state index in [0.717, 1.165) is 0 Å². The quantitative estimate of drug-likeness (QED) is 0.537. The van der Waals surface area contributed by atoms with E-state index in [1.54, 1.807) is 0 Å². The summed E-state index contributed by atoms with van der Waals surface area (Å²) < 4.78 is 0. The molecule has 0 aromatic rings. The topological polar surface area (TPSA) is 0 Å². The van der Waals surface area contributed by atoms with Crippen LogP contribution >= 0.6 is 0 Å². The van der Waals surface area contributed by atoms with Crippen LogP contribution in [0.5, 0.6) is 0 Å². The van der Waals surface area contributed by atoms with Crippen molar-refractivity contribution in [3.63, 3.8) is 0 Å². The minimum absolute atomic E-state index is 0. The van der Waals surface area contributed by atoms with Crippen molar-refractivity contribution in [3.8, 4) is 0 Å². The van der Waals surface area contributed by atoms with E-state index >= 15 is 0 Å². The minimum atomic E-state index is 0. The fourth-order valence-corrected chi connectivity index (χ4v) is 0. The third-order valence-electron chi connectivity index (χ3n) is 0. The molecule has 0 fully saturated rings. The molecule has 0 saturated heterocycles. The van der Waals surface area contributed by atoms with Gasteiger partial charge in [-0.05, 0) is 0 Å². The molecule has 0 aromatic heterocycles. The fraction of sp³-hybridized carbons (Fsp3) is 0. The summed E-state index contributed by atoms with van der Waals surface area (Å²) in [4.78, 5) is 0. The van der Waals surface area contributed by atoms with Crippen LogP contribution in [-0.4, -0.2) is 86.6 Å². The Kier molecular flexibility index (Phi) is 92.8. The van der Waals surface area contributed by atoms with Gasteiger partial charge in [-0.3, -0.25) is 0 Å². The summed E-state index contributed by atoms with van der Waals surface area (Å²) in [5, 5.41) is 0. The Morgan fingerprint density at radius 3 is 1.25 bits per heavy atom. The van der Waals surface area contributed by atoms with Gasteiger partial charge >= 0.3 is 86.6 Å². The fourth-order valence-electron chi connectivity index (χ4n) is 0. The van der Waals surface area contributed by atoms with Crippen molar-refractivity contribution in [2.24, 2.45) is 0 Å². The van der Waals surface area contributed by atoms with Gasteiger partial charge in [-0.2, -0.15) is 0 Å². The average molecular weight is 321 g/mol. The SMILES string of the molecule is [Ba+2].[Ca+2].[H-].[H-].[H-].[H-].[Ti].[Zr]. The predicted octanol–water partition coefficient (Wildman–Crippen LogP) is -0.317. The molecule has 0 nitrogen and oxygen atoms in total. The molecule has 0 aromatic carbocycles. The van der Waals surface area contributed by atoms with E-state index in [9.17, 15) is 0 Å². The molecule has 0 N–H and O–H groups in total. The Morgan fingerprint density at radius 1 is 1.25 bits per heavy atom. The normalized spacial score (nSPS) is 0. The predicted molar refractivity (Wildman–Crippen MR) is 16.0 cm³/mol. The van der Waals surface area contributed by atoms with Crippen LogP contribution in [0.15, 0.2) is 0 Å². The largest absolute Gasteiger partial charge is 2.00 e. The smallest absolute Gasteiger partial charge is 1.00 e. The summed E-state index contributed by atoms with van der Waals surface area (Å²) in [5.41, 5.74) is 0. The molecule has 16 valence electrons. The van der Waals surface area contributed by atoms with Crippen molar-refractivity contribution in [2.45, 2.75) is 0 Å². The van der Waals surface area contributed by atoms with Crippen LogP contribution in [0.2, 0.25) is 0 Å². The molecule has 0 amide bonds. The minimum Gasteiger partial charge on any atom is -1.00 e. The Hall–Kier alpha value is 4.43. The molecule has 0 radical (unpaired) electrons. The maximum absolute atomic E-state index is 0. The van der Waals surface area contributed by atoms with Gasteiger partial charge in [0.15, 0.2) is 0 Å². The Bertz CT molecular complexity index is 16.0. The average Bonchev–Trinajstić information content (AvgIpc) is 0. The van der Waals surface area contributed by atoms with E-state index in [0.29, 0.717) is 0 Å². The van der Waals surface area contributed by atoms with Gasteiger partial charge in [0, 0.05) is 47.9 Å². The second kappa shape index (κ2) is 15.7. The van der Waals surface area contributed by atoms with Gasteiger partial charge in [0.05, 0.1) is 0 Å². The van der Waals surface area contributed by atoms with E-state index < -0.39 is 0 Å². The van der Waals surface area contributed by atoms with Crippen LogP contribution in [0, 0.1) is 0 Å². The van der Waals surface area contributed by atoms with Crippen LogP contribution in [0.3, 0.4) is 0 Å². The summed E-state index contributed by atoms with van der Waals surface area (Å²) in [6, 6.07) is 0. The van der Waals surface area contributed by atoms with Gasteiger partial charge in [-0.1, -0.05) is 0 Å². The number of hydrogen-bond donors (Lipinski definition) is 0. The van der Waals surface area contributed by atoms with Crippen molar-refractivity contribution in [1.82, 2.24) is 0 Å². The molecule has 0 aliphatic carbocycles. The number of rotatable bonds is 0. The zero-order valence-corrected chi connectivity index (χ0v) is 13.1. The first-order valence-corrected chi connectivity index (χ1v) is 0. The molecule has 0 atom stereocenters. The van der Waals surface area contributed by atoms with Crippen molar-refractivity contribution >= 4 is 86.6 Å². The first-order valence-electron chi connectivity index (χ1n) is 0. The molecule has 0 saturated carbocycles. The molecule has 0 heterocycles. The van der Waals surface area contributed by atoms with Gasteiger partial charge in [0.25, 0.3) is 0 Å². The van der Waals surface area contributed by atoms with Crippen LogP contribution in [0.1, 0.15) is 5.71 Å². The zero-order valence-electron chi connectivity index (χ0n) is 6.41. The van der Waals surface area contributed by atoms with Crippen molar-refractivity contribution in [1.29, 1.82) is 0 Å². The Labute approximate surface area is 136 Å². The van der Waals surface area contributed by atoms with Crippen LogP contribution in [0.4, 0.5) is 0 Å². The summed E-state index contributed by atoms with van der Waals surface area (Å²) >= 11 is 0. The molecule has 0 rings (SSSR count). The van der Waals surface area contributed by atoms with Crippen molar-refractivity contribution in [2.75, 3.05) is 0 Å². The van der Waals surface area contributed by atoms with Crippen LogP contribution in [0.25, 0.3) is 0 Å². The molecule has 0 spiro atoms. The number of hydrogen-bond acceptors (Lipinski definition) is 0. The monoisotopic (exact) mass is 320 g/mol. The zero-order chi connectivity index (χ0) is 0. The standard InChI is InChI=1S/Ba.Ca.Ti.Zr.4H/q2*+2;;;4*-1. The van der Waals surface area contributed by atoms with Gasteiger partial charge in [0.1, 0.15) is 0 Å². The van der Waals surface area contributed by atoms with Crippen LogP contribution < -0.4 is 0 Å². The second-order valence-electron chi connectivity index (χ2n) is 0. The van der Waals surface area contributed by atoms with E-state index in [1.165, 1.54) is 0 Å². The van der Waals surface area contributed by atoms with E-state index in [4.69, 9.17) is 0 Å². The summed E-state index contributed by atoms with van der Waals surface area (Å²) in [5.74, 6) is 0. The molecule has 4 heteroatoms. The van der Waals surface area contributed by atoms with Crippen molar-refractivity contribution in [3.05, 3.63) is 0 Å². The van der Waals surface area contributed by atoms with E-state index in [1.807, 2.05) is 0 Å². The molecular weight excluding hydrogens is 316 g/mol. The molecule has 0 aliphatic rings. The first-order chi connectivity index (χ1) is 0. The summed E-state index contributed by atoms with van der Waals surface area (Å²) in [6.45, 7) is 0. The van der Waals surface area contributed by atoms with E-state index in [-0.39, 0.29) is 140 Å². The summed E-state index contributed by atoms with van der Waals surface area (Å²) in [7, 11) is 0. The third kappa shape index (κ3) is 9.66. The maximum Gasteiger partial charge on any atom is 2.00 e. The van der Waals surface area contributed by atoms with Gasteiger partial charge in [-0.25, -0.2) is 0 Å². The van der Waals surface area contributed by atoms with Crippen LogP contribution in [-0.2, 0) is 47.9 Å².